The Kier molecular flexibility index (Phi) is 5.59. The number of carbonyl (C=O) groups is 1. The summed E-state index contributed by atoms with van der Waals surface area (Å²) in [7, 11) is 0. The van der Waals surface area contributed by atoms with Gasteiger partial charge in [0.2, 0.25) is 0 Å². The van der Waals surface area contributed by atoms with Crippen LogP contribution in [0.15, 0.2) is 18.5 Å². The van der Waals surface area contributed by atoms with E-state index in [4.69, 9.17) is 0 Å². The van der Waals surface area contributed by atoms with Crippen LogP contribution in [0.5, 0.6) is 0 Å². The highest BCUT2D eigenvalue weighted by Crippen LogP contribution is 2.35. The topological polar surface area (TPSA) is 54.0 Å². The molecule has 1 amide bonds. The fraction of sp³-hybridized carbons (Fsp3) is 0.647. The van der Waals surface area contributed by atoms with E-state index >= 15 is 0 Å². The molecule has 2 rings (SSSR count). The highest BCUT2D eigenvalue weighted by atomic mass is 16.1. The molecule has 0 atom stereocenters. The lowest BCUT2D eigenvalue weighted by molar-refractivity contribution is 0.0920. The van der Waals surface area contributed by atoms with Crippen LogP contribution >= 0.6 is 0 Å². The Bertz CT molecular complexity index is 467. The average Bonchev–Trinajstić information content (AvgIpc) is 2.52. The minimum atomic E-state index is 0.00259. The van der Waals surface area contributed by atoms with E-state index in [1.54, 1.807) is 18.5 Å². The number of amides is 1. The molecule has 0 aliphatic heterocycles. The molecule has 1 aromatic heterocycles. The Morgan fingerprint density at radius 2 is 2.10 bits per heavy atom. The number of aromatic nitrogens is 1. The summed E-state index contributed by atoms with van der Waals surface area (Å²) >= 11 is 0. The first-order valence-corrected chi connectivity index (χ1v) is 8.11. The second-order valence-corrected chi connectivity index (χ2v) is 6.40. The van der Waals surface area contributed by atoms with Crippen molar-refractivity contribution < 1.29 is 4.79 Å². The Balaban J connectivity index is 1.96. The molecule has 1 aliphatic rings. The minimum absolute atomic E-state index is 0.00259. The summed E-state index contributed by atoms with van der Waals surface area (Å²) in [4.78, 5) is 16.5. The van der Waals surface area contributed by atoms with E-state index in [0.29, 0.717) is 5.56 Å². The molecule has 1 aromatic rings. The van der Waals surface area contributed by atoms with Crippen LogP contribution in [0.1, 0.15) is 62.7 Å². The first-order valence-electron chi connectivity index (χ1n) is 8.11. The molecule has 4 nitrogen and oxygen atoms in total. The van der Waals surface area contributed by atoms with Gasteiger partial charge in [-0.1, -0.05) is 33.1 Å². The molecule has 0 unspecified atom stereocenters. The third kappa shape index (κ3) is 4.45. The second-order valence-electron chi connectivity index (χ2n) is 6.40. The van der Waals surface area contributed by atoms with E-state index in [-0.39, 0.29) is 11.3 Å². The molecule has 1 fully saturated rings. The molecule has 0 bridgehead atoms. The van der Waals surface area contributed by atoms with Crippen LogP contribution in [0.3, 0.4) is 0 Å². The zero-order valence-corrected chi connectivity index (χ0v) is 13.2. The van der Waals surface area contributed by atoms with Crippen molar-refractivity contribution >= 4 is 11.6 Å². The maximum absolute atomic E-state index is 12.4. The van der Waals surface area contributed by atoms with Crippen molar-refractivity contribution in [1.29, 1.82) is 0 Å². The predicted molar refractivity (Wildman–Crippen MR) is 86.5 cm³/mol. The number of nitrogens with one attached hydrogen (secondary N) is 2. The zero-order valence-electron chi connectivity index (χ0n) is 13.2. The van der Waals surface area contributed by atoms with Gasteiger partial charge in [0.05, 0.1) is 17.4 Å². The van der Waals surface area contributed by atoms with E-state index in [9.17, 15) is 4.79 Å². The molecule has 21 heavy (non-hydrogen) atoms. The number of pyridine rings is 1. The van der Waals surface area contributed by atoms with Gasteiger partial charge in [-0.25, -0.2) is 0 Å². The Hall–Kier alpha value is -1.58. The maximum atomic E-state index is 12.4. The van der Waals surface area contributed by atoms with Gasteiger partial charge < -0.3 is 10.6 Å². The van der Waals surface area contributed by atoms with Gasteiger partial charge in [-0.15, -0.1) is 0 Å². The molecule has 0 saturated heterocycles. The van der Waals surface area contributed by atoms with Crippen molar-refractivity contribution in [3.05, 3.63) is 24.0 Å². The molecule has 0 radical (unpaired) electrons. The van der Waals surface area contributed by atoms with Crippen molar-refractivity contribution in [3.8, 4) is 0 Å². The lowest BCUT2D eigenvalue weighted by Crippen LogP contribution is -2.37. The molecule has 4 heteroatoms. The monoisotopic (exact) mass is 289 g/mol. The van der Waals surface area contributed by atoms with Gasteiger partial charge in [0.1, 0.15) is 0 Å². The fourth-order valence-corrected chi connectivity index (χ4v) is 2.96. The molecular formula is C17H27N3O. The van der Waals surface area contributed by atoms with Crippen molar-refractivity contribution in [1.82, 2.24) is 10.3 Å². The van der Waals surface area contributed by atoms with Gasteiger partial charge in [-0.2, -0.15) is 0 Å². The summed E-state index contributed by atoms with van der Waals surface area (Å²) in [5.74, 6) is 0.00259. The van der Waals surface area contributed by atoms with Gasteiger partial charge in [0.25, 0.3) is 5.91 Å². The SMILES string of the molecule is CCCNc1cnccc1C(=O)NCC1(C)CCCCC1. The van der Waals surface area contributed by atoms with Crippen molar-refractivity contribution in [2.24, 2.45) is 5.41 Å². The van der Waals surface area contributed by atoms with E-state index in [2.05, 4.69) is 29.5 Å². The van der Waals surface area contributed by atoms with E-state index in [1.165, 1.54) is 32.1 Å². The molecule has 1 heterocycles. The molecule has 0 aromatic carbocycles. The van der Waals surface area contributed by atoms with Crippen LogP contribution in [0.2, 0.25) is 0 Å². The summed E-state index contributed by atoms with van der Waals surface area (Å²) in [6, 6.07) is 1.79. The second kappa shape index (κ2) is 7.43. The van der Waals surface area contributed by atoms with Crippen LogP contribution in [0.4, 0.5) is 5.69 Å². The van der Waals surface area contributed by atoms with Gasteiger partial charge in [-0.05, 0) is 30.7 Å². The number of nitrogens with zero attached hydrogens (tertiary/aromatic N) is 1. The lowest BCUT2D eigenvalue weighted by atomic mass is 9.76. The van der Waals surface area contributed by atoms with Crippen molar-refractivity contribution in [2.45, 2.75) is 52.4 Å². The van der Waals surface area contributed by atoms with Crippen LogP contribution in [0, 0.1) is 5.41 Å². The van der Waals surface area contributed by atoms with Gasteiger partial charge in [0, 0.05) is 19.3 Å². The predicted octanol–water partition coefficient (Wildman–Crippen LogP) is 3.60. The normalized spacial score (nSPS) is 17.2. The van der Waals surface area contributed by atoms with Crippen molar-refractivity contribution in [2.75, 3.05) is 18.4 Å². The quantitative estimate of drug-likeness (QED) is 0.841. The van der Waals surface area contributed by atoms with E-state index in [1.807, 2.05) is 0 Å². The summed E-state index contributed by atoms with van der Waals surface area (Å²) in [6.45, 7) is 6.01. The number of hydrogen-bond donors (Lipinski definition) is 2. The van der Waals surface area contributed by atoms with Crippen LogP contribution in [-0.2, 0) is 0 Å². The fourth-order valence-electron chi connectivity index (χ4n) is 2.96. The van der Waals surface area contributed by atoms with Gasteiger partial charge >= 0.3 is 0 Å². The smallest absolute Gasteiger partial charge is 0.253 e. The van der Waals surface area contributed by atoms with Crippen LogP contribution in [-0.4, -0.2) is 24.0 Å². The Morgan fingerprint density at radius 1 is 1.33 bits per heavy atom. The first-order chi connectivity index (χ1) is 10.1. The number of anilines is 1. The molecular weight excluding hydrogens is 262 g/mol. The number of carbonyl (C=O) groups excluding carboxylic acids is 1. The van der Waals surface area contributed by atoms with Crippen LogP contribution in [0.25, 0.3) is 0 Å². The summed E-state index contributed by atoms with van der Waals surface area (Å²) in [5, 5.41) is 6.39. The third-order valence-electron chi connectivity index (χ3n) is 4.37. The Labute approximate surface area is 127 Å². The minimum Gasteiger partial charge on any atom is -0.383 e. The third-order valence-corrected chi connectivity index (χ3v) is 4.37. The van der Waals surface area contributed by atoms with Crippen LogP contribution < -0.4 is 10.6 Å². The largest absolute Gasteiger partial charge is 0.383 e. The number of hydrogen-bond acceptors (Lipinski definition) is 3. The number of rotatable bonds is 6. The molecule has 0 spiro atoms. The van der Waals surface area contributed by atoms with Gasteiger partial charge in [0.15, 0.2) is 0 Å². The van der Waals surface area contributed by atoms with E-state index in [0.717, 1.165) is 25.2 Å². The highest BCUT2D eigenvalue weighted by Gasteiger charge is 2.27. The summed E-state index contributed by atoms with van der Waals surface area (Å²) in [5.41, 5.74) is 1.78. The molecule has 1 saturated carbocycles. The zero-order chi connectivity index (χ0) is 15.1. The highest BCUT2D eigenvalue weighted by molar-refractivity contribution is 5.99. The maximum Gasteiger partial charge on any atom is 0.253 e. The summed E-state index contributed by atoms with van der Waals surface area (Å²) < 4.78 is 0. The first kappa shape index (κ1) is 15.8. The van der Waals surface area contributed by atoms with Gasteiger partial charge in [-0.3, -0.25) is 9.78 Å². The molecule has 116 valence electrons. The van der Waals surface area contributed by atoms with E-state index < -0.39 is 0 Å². The lowest BCUT2D eigenvalue weighted by Gasteiger charge is -2.33. The molecule has 1 aliphatic carbocycles. The standard InChI is InChI=1S/C17H27N3O/c1-3-10-19-15-12-18-11-7-14(15)16(21)20-13-17(2)8-5-4-6-9-17/h7,11-12,19H,3-6,8-10,13H2,1-2H3,(H,20,21). The average molecular weight is 289 g/mol. The summed E-state index contributed by atoms with van der Waals surface area (Å²) in [6.07, 6.45) is 10.7. The van der Waals surface area contributed by atoms with Crippen molar-refractivity contribution in [3.63, 3.8) is 0 Å². The molecule has 2 N–H and O–H groups in total. The Morgan fingerprint density at radius 3 is 2.81 bits per heavy atom.